The van der Waals surface area contributed by atoms with Crippen LogP contribution in [0, 0.1) is 6.92 Å². The molecule has 0 unspecified atom stereocenters. The van der Waals surface area contributed by atoms with Crippen LogP contribution in [-0.4, -0.2) is 50.4 Å². The number of anilines is 4. The van der Waals surface area contributed by atoms with Gasteiger partial charge in [0.1, 0.15) is 6.29 Å². The number of carbonyl (C=O) groups is 1. The van der Waals surface area contributed by atoms with Crippen molar-refractivity contribution < 1.29 is 4.79 Å². The standard InChI is InChI=1S/C23H30N8O.CH5N/c1-17-8-9-18(15-32)14-20(17)27-23-29-21(25-10-5-12-31-13-11-24-16-31)28-22(30-23)26-19-6-3-2-4-7-19;1-2/h8-9,11,13-16,19H,2-7,10,12H2,1H3,(H3,25,26,27,28,29,30);2H2,1H3. The minimum absolute atomic E-state index is 0.383. The van der Waals surface area contributed by atoms with Crippen molar-refractivity contribution in [1.29, 1.82) is 0 Å². The second-order valence-corrected chi connectivity index (χ2v) is 8.18. The fourth-order valence-electron chi connectivity index (χ4n) is 3.85. The average Bonchev–Trinajstić information content (AvgIpc) is 3.39. The van der Waals surface area contributed by atoms with Gasteiger partial charge >= 0.3 is 0 Å². The molecule has 10 heteroatoms. The molecule has 2 heterocycles. The molecule has 1 saturated carbocycles. The molecule has 1 aromatic carbocycles. The number of benzene rings is 1. The molecule has 2 aromatic heterocycles. The van der Waals surface area contributed by atoms with Gasteiger partial charge in [-0.05, 0) is 44.9 Å². The molecule has 1 fully saturated rings. The lowest BCUT2D eigenvalue weighted by molar-refractivity contribution is 0.112. The molecule has 4 rings (SSSR count). The minimum atomic E-state index is 0.383. The molecule has 0 amide bonds. The van der Waals surface area contributed by atoms with Crippen molar-refractivity contribution >= 4 is 29.8 Å². The Morgan fingerprint density at radius 1 is 1.09 bits per heavy atom. The fraction of sp³-hybridized carbons (Fsp3) is 0.458. The number of imidazole rings is 1. The highest BCUT2D eigenvalue weighted by atomic mass is 16.1. The molecule has 1 aliphatic carbocycles. The lowest BCUT2D eigenvalue weighted by Crippen LogP contribution is -2.24. The van der Waals surface area contributed by atoms with Crippen LogP contribution in [0.4, 0.5) is 23.5 Å². The Hall–Kier alpha value is -3.53. The smallest absolute Gasteiger partial charge is 0.233 e. The Balaban J connectivity index is 0.00000158. The van der Waals surface area contributed by atoms with Crippen LogP contribution >= 0.6 is 0 Å². The van der Waals surface area contributed by atoms with E-state index in [0.29, 0.717) is 29.5 Å². The summed E-state index contributed by atoms with van der Waals surface area (Å²) in [6.45, 7) is 3.58. The molecule has 0 atom stereocenters. The average molecular weight is 466 g/mol. The third-order valence-corrected chi connectivity index (χ3v) is 5.65. The molecule has 34 heavy (non-hydrogen) atoms. The highest BCUT2D eigenvalue weighted by molar-refractivity contribution is 5.78. The van der Waals surface area contributed by atoms with Gasteiger partial charge in [0, 0.05) is 42.8 Å². The van der Waals surface area contributed by atoms with E-state index in [0.717, 1.165) is 49.9 Å². The summed E-state index contributed by atoms with van der Waals surface area (Å²) in [6.07, 6.45) is 13.3. The number of aldehydes is 1. The van der Waals surface area contributed by atoms with Crippen LogP contribution < -0.4 is 21.7 Å². The lowest BCUT2D eigenvalue weighted by atomic mass is 9.96. The van der Waals surface area contributed by atoms with Gasteiger partial charge in [0.05, 0.1) is 6.33 Å². The molecule has 0 aliphatic heterocycles. The van der Waals surface area contributed by atoms with Gasteiger partial charge in [-0.25, -0.2) is 4.98 Å². The summed E-state index contributed by atoms with van der Waals surface area (Å²) in [5.41, 5.74) is 6.91. The number of nitrogens with zero attached hydrogens (tertiary/aromatic N) is 5. The van der Waals surface area contributed by atoms with Crippen LogP contribution in [0.15, 0.2) is 36.9 Å². The number of hydrogen-bond donors (Lipinski definition) is 4. The minimum Gasteiger partial charge on any atom is -0.354 e. The third kappa shape index (κ3) is 7.51. The van der Waals surface area contributed by atoms with E-state index in [1.807, 2.05) is 30.1 Å². The highest BCUT2D eigenvalue weighted by Crippen LogP contribution is 2.23. The van der Waals surface area contributed by atoms with Gasteiger partial charge in [0.2, 0.25) is 17.8 Å². The molecule has 182 valence electrons. The summed E-state index contributed by atoms with van der Waals surface area (Å²) in [7, 11) is 1.50. The van der Waals surface area contributed by atoms with Crippen molar-refractivity contribution in [3.8, 4) is 0 Å². The number of aromatic nitrogens is 5. The molecule has 0 radical (unpaired) electrons. The predicted octanol–water partition coefficient (Wildman–Crippen LogP) is 3.75. The van der Waals surface area contributed by atoms with E-state index < -0.39 is 0 Å². The highest BCUT2D eigenvalue weighted by Gasteiger charge is 2.16. The summed E-state index contributed by atoms with van der Waals surface area (Å²) in [4.78, 5) is 29.0. The van der Waals surface area contributed by atoms with E-state index in [9.17, 15) is 4.79 Å². The summed E-state index contributed by atoms with van der Waals surface area (Å²) in [5, 5.41) is 10.1. The molecule has 10 nitrogen and oxygen atoms in total. The first kappa shape index (κ1) is 25.1. The zero-order valence-corrected chi connectivity index (χ0v) is 20.0. The third-order valence-electron chi connectivity index (χ3n) is 5.65. The molecule has 1 aliphatic rings. The monoisotopic (exact) mass is 465 g/mol. The van der Waals surface area contributed by atoms with Gasteiger partial charge in [-0.15, -0.1) is 0 Å². The topological polar surface area (TPSA) is 136 Å². The first-order chi connectivity index (χ1) is 16.7. The van der Waals surface area contributed by atoms with Crippen LogP contribution in [0.3, 0.4) is 0 Å². The maximum Gasteiger partial charge on any atom is 0.233 e. The molecular formula is C24H35N9O. The summed E-state index contributed by atoms with van der Waals surface area (Å²) >= 11 is 0. The van der Waals surface area contributed by atoms with Crippen molar-refractivity contribution in [2.45, 2.75) is 58.0 Å². The van der Waals surface area contributed by atoms with E-state index in [2.05, 4.69) is 41.6 Å². The van der Waals surface area contributed by atoms with E-state index in [-0.39, 0.29) is 0 Å². The molecular weight excluding hydrogens is 430 g/mol. The van der Waals surface area contributed by atoms with Crippen molar-refractivity contribution in [3.05, 3.63) is 48.0 Å². The van der Waals surface area contributed by atoms with E-state index in [1.165, 1.54) is 26.3 Å². The largest absolute Gasteiger partial charge is 0.354 e. The summed E-state index contributed by atoms with van der Waals surface area (Å²) < 4.78 is 2.04. The van der Waals surface area contributed by atoms with Crippen molar-refractivity contribution in [1.82, 2.24) is 24.5 Å². The SMILES string of the molecule is CN.Cc1ccc(C=O)cc1Nc1nc(NCCCn2ccnc2)nc(NC2CCCCC2)n1. The molecule has 5 N–H and O–H groups in total. The Morgan fingerprint density at radius 3 is 2.59 bits per heavy atom. The number of hydrogen-bond acceptors (Lipinski definition) is 9. The summed E-state index contributed by atoms with van der Waals surface area (Å²) in [5.74, 6) is 1.54. The van der Waals surface area contributed by atoms with E-state index in [4.69, 9.17) is 0 Å². The quantitative estimate of drug-likeness (QED) is 0.261. The van der Waals surface area contributed by atoms with Crippen molar-refractivity contribution in [2.75, 3.05) is 29.5 Å². The van der Waals surface area contributed by atoms with Crippen molar-refractivity contribution in [3.63, 3.8) is 0 Å². The first-order valence-electron chi connectivity index (χ1n) is 11.8. The van der Waals surface area contributed by atoms with E-state index in [1.54, 1.807) is 18.3 Å². The second-order valence-electron chi connectivity index (χ2n) is 8.18. The van der Waals surface area contributed by atoms with Gasteiger partial charge < -0.3 is 26.3 Å². The second kappa shape index (κ2) is 13.2. The number of rotatable bonds is 10. The van der Waals surface area contributed by atoms with Crippen LogP contribution in [0.2, 0.25) is 0 Å². The van der Waals surface area contributed by atoms with Crippen LogP contribution in [0.25, 0.3) is 0 Å². The molecule has 3 aromatic rings. The lowest BCUT2D eigenvalue weighted by Gasteiger charge is -2.23. The Bertz CT molecular complexity index is 1020. The maximum atomic E-state index is 11.2. The predicted molar refractivity (Wildman–Crippen MR) is 136 cm³/mol. The first-order valence-corrected chi connectivity index (χ1v) is 11.8. The van der Waals surface area contributed by atoms with Gasteiger partial charge in [-0.1, -0.05) is 31.4 Å². The van der Waals surface area contributed by atoms with Crippen LogP contribution in [-0.2, 0) is 6.54 Å². The number of nitrogens with one attached hydrogen (secondary N) is 3. The zero-order valence-electron chi connectivity index (χ0n) is 20.0. The fourth-order valence-corrected chi connectivity index (χ4v) is 3.85. The van der Waals surface area contributed by atoms with Gasteiger partial charge in [-0.2, -0.15) is 15.0 Å². The maximum absolute atomic E-state index is 11.2. The van der Waals surface area contributed by atoms with Gasteiger partial charge in [0.15, 0.2) is 0 Å². The van der Waals surface area contributed by atoms with Crippen LogP contribution in [0.5, 0.6) is 0 Å². The zero-order chi connectivity index (χ0) is 24.2. The molecule has 0 spiro atoms. The summed E-state index contributed by atoms with van der Waals surface area (Å²) in [6, 6.07) is 5.89. The normalized spacial score (nSPS) is 13.5. The number of carbonyl (C=O) groups excluding carboxylic acids is 1. The number of nitrogens with two attached hydrogens (primary N) is 1. The van der Waals surface area contributed by atoms with Gasteiger partial charge in [0.25, 0.3) is 0 Å². The van der Waals surface area contributed by atoms with E-state index >= 15 is 0 Å². The molecule has 0 saturated heterocycles. The Morgan fingerprint density at radius 2 is 1.85 bits per heavy atom. The Kier molecular flexibility index (Phi) is 9.78. The number of aryl methyl sites for hydroxylation is 2. The molecule has 0 bridgehead atoms. The van der Waals surface area contributed by atoms with Gasteiger partial charge in [-0.3, -0.25) is 4.79 Å². The Labute approximate surface area is 200 Å². The van der Waals surface area contributed by atoms with Crippen molar-refractivity contribution in [2.24, 2.45) is 5.73 Å². The van der Waals surface area contributed by atoms with Crippen LogP contribution in [0.1, 0.15) is 54.4 Å².